The molecule has 0 amide bonds. The zero-order valence-corrected chi connectivity index (χ0v) is 10.4. The van der Waals surface area contributed by atoms with Crippen molar-refractivity contribution in [3.63, 3.8) is 0 Å². The van der Waals surface area contributed by atoms with Gasteiger partial charge in [0.05, 0.1) is 0 Å². The van der Waals surface area contributed by atoms with Crippen LogP contribution in [0.4, 0.5) is 0 Å². The topological polar surface area (TPSA) is 46.5 Å². The molecule has 0 aliphatic carbocycles. The molecule has 0 fully saturated rings. The molecular weight excluding hydrogens is 240 g/mol. The van der Waals surface area contributed by atoms with Gasteiger partial charge in [0, 0.05) is 0 Å². The minimum atomic E-state index is -0.536. The molecule has 0 unspecified atom stereocenters. The maximum Gasteiger partial charge on any atom is 0.342 e. The fraction of sp³-hybridized carbons (Fsp3) is 0.0625. The molecule has 0 radical (unpaired) electrons. The van der Waals surface area contributed by atoms with Crippen molar-refractivity contribution in [3.05, 3.63) is 71.8 Å². The van der Waals surface area contributed by atoms with Gasteiger partial charge in [-0.25, -0.2) is 4.79 Å². The molecule has 0 aromatic heterocycles. The lowest BCUT2D eigenvalue weighted by Gasteiger charge is -2.06. The van der Waals surface area contributed by atoms with E-state index in [4.69, 9.17) is 4.74 Å². The smallest absolute Gasteiger partial charge is 0.342 e. The number of hydrogen-bond donors (Lipinski definition) is 1. The summed E-state index contributed by atoms with van der Waals surface area (Å²) < 4.78 is 5.14. The normalized spacial score (nSPS) is 9.89. The highest BCUT2D eigenvalue weighted by Crippen LogP contribution is 2.17. The first kappa shape index (κ1) is 12.9. The van der Waals surface area contributed by atoms with Gasteiger partial charge in [0.15, 0.2) is 0 Å². The molecule has 0 saturated heterocycles. The number of hydrogen-bond acceptors (Lipinski definition) is 3. The van der Waals surface area contributed by atoms with Crippen LogP contribution in [0.5, 0.6) is 5.75 Å². The zero-order chi connectivity index (χ0) is 13.7. The van der Waals surface area contributed by atoms with Crippen molar-refractivity contribution in [2.75, 3.05) is 0 Å². The SMILES string of the molecule is C=Cc1ccc(COC(=O)c2ccccc2O)cc1. The number of phenolic OH excluding ortho intramolecular Hbond substituents is 1. The number of esters is 1. The molecule has 0 aliphatic rings. The maximum atomic E-state index is 11.8. The van der Waals surface area contributed by atoms with Gasteiger partial charge in [-0.2, -0.15) is 0 Å². The van der Waals surface area contributed by atoms with Gasteiger partial charge < -0.3 is 9.84 Å². The van der Waals surface area contributed by atoms with Gasteiger partial charge in [-0.15, -0.1) is 0 Å². The van der Waals surface area contributed by atoms with Crippen LogP contribution in [-0.4, -0.2) is 11.1 Å². The van der Waals surface area contributed by atoms with Gasteiger partial charge in [0.1, 0.15) is 17.9 Å². The van der Waals surface area contributed by atoms with Crippen LogP contribution in [0, 0.1) is 0 Å². The Morgan fingerprint density at radius 3 is 2.47 bits per heavy atom. The van der Waals surface area contributed by atoms with E-state index in [2.05, 4.69) is 6.58 Å². The van der Waals surface area contributed by atoms with Crippen molar-refractivity contribution in [1.82, 2.24) is 0 Å². The molecule has 0 spiro atoms. The molecular formula is C16H14O3. The molecule has 3 nitrogen and oxygen atoms in total. The van der Waals surface area contributed by atoms with Gasteiger partial charge in [-0.1, -0.05) is 49.1 Å². The van der Waals surface area contributed by atoms with Crippen molar-refractivity contribution in [2.24, 2.45) is 0 Å². The Labute approximate surface area is 111 Å². The first-order valence-corrected chi connectivity index (χ1v) is 5.87. The molecule has 19 heavy (non-hydrogen) atoms. The Morgan fingerprint density at radius 2 is 1.84 bits per heavy atom. The highest BCUT2D eigenvalue weighted by molar-refractivity contribution is 5.92. The Balaban J connectivity index is 2.00. The molecule has 1 N–H and O–H groups in total. The average Bonchev–Trinajstić information content (AvgIpc) is 2.46. The summed E-state index contributed by atoms with van der Waals surface area (Å²) in [4.78, 5) is 11.8. The summed E-state index contributed by atoms with van der Waals surface area (Å²) in [6.45, 7) is 3.84. The van der Waals surface area contributed by atoms with E-state index in [1.165, 1.54) is 12.1 Å². The Kier molecular flexibility index (Phi) is 3.98. The zero-order valence-electron chi connectivity index (χ0n) is 10.4. The average molecular weight is 254 g/mol. The second kappa shape index (κ2) is 5.87. The van der Waals surface area contributed by atoms with E-state index in [0.717, 1.165) is 11.1 Å². The Bertz CT molecular complexity index is 585. The Morgan fingerprint density at radius 1 is 1.16 bits per heavy atom. The molecule has 0 atom stereocenters. The third kappa shape index (κ3) is 3.22. The van der Waals surface area contributed by atoms with E-state index in [0.29, 0.717) is 0 Å². The first-order valence-electron chi connectivity index (χ1n) is 5.87. The number of ether oxygens (including phenoxy) is 1. The molecule has 0 heterocycles. The van der Waals surface area contributed by atoms with E-state index in [9.17, 15) is 9.90 Å². The highest BCUT2D eigenvalue weighted by Gasteiger charge is 2.11. The fourth-order valence-corrected chi connectivity index (χ4v) is 1.62. The van der Waals surface area contributed by atoms with Crippen molar-refractivity contribution < 1.29 is 14.6 Å². The van der Waals surface area contributed by atoms with E-state index >= 15 is 0 Å². The van der Waals surface area contributed by atoms with Gasteiger partial charge in [-0.3, -0.25) is 0 Å². The monoisotopic (exact) mass is 254 g/mol. The summed E-state index contributed by atoms with van der Waals surface area (Å²) in [5.74, 6) is -0.611. The maximum absolute atomic E-state index is 11.8. The van der Waals surface area contributed by atoms with Crippen LogP contribution in [0.2, 0.25) is 0 Å². The van der Waals surface area contributed by atoms with Gasteiger partial charge in [0.2, 0.25) is 0 Å². The minimum Gasteiger partial charge on any atom is -0.507 e. The predicted octanol–water partition coefficient (Wildman–Crippen LogP) is 3.39. The second-order valence-corrected chi connectivity index (χ2v) is 4.04. The van der Waals surface area contributed by atoms with Gasteiger partial charge in [0.25, 0.3) is 0 Å². The lowest BCUT2D eigenvalue weighted by atomic mass is 10.1. The van der Waals surface area contributed by atoms with Gasteiger partial charge in [-0.05, 0) is 23.3 Å². The third-order valence-corrected chi connectivity index (χ3v) is 2.71. The molecule has 0 aliphatic heterocycles. The van der Waals surface area contributed by atoms with Crippen molar-refractivity contribution in [1.29, 1.82) is 0 Å². The van der Waals surface area contributed by atoms with Crippen LogP contribution < -0.4 is 0 Å². The predicted molar refractivity (Wildman–Crippen MR) is 73.8 cm³/mol. The van der Waals surface area contributed by atoms with E-state index in [1.807, 2.05) is 24.3 Å². The first-order chi connectivity index (χ1) is 9.20. The third-order valence-electron chi connectivity index (χ3n) is 2.71. The number of carbonyl (C=O) groups is 1. The number of phenols is 1. The van der Waals surface area contributed by atoms with Crippen LogP contribution in [0.15, 0.2) is 55.1 Å². The van der Waals surface area contributed by atoms with Crippen LogP contribution in [0.1, 0.15) is 21.5 Å². The van der Waals surface area contributed by atoms with Crippen LogP contribution in [0.25, 0.3) is 6.08 Å². The summed E-state index contributed by atoms with van der Waals surface area (Å²) in [6, 6.07) is 13.8. The molecule has 2 rings (SSSR count). The number of carbonyl (C=O) groups excluding carboxylic acids is 1. The van der Waals surface area contributed by atoms with Crippen LogP contribution >= 0.6 is 0 Å². The number of benzene rings is 2. The van der Waals surface area contributed by atoms with Crippen molar-refractivity contribution >= 4 is 12.0 Å². The van der Waals surface area contributed by atoms with E-state index in [1.54, 1.807) is 18.2 Å². The quantitative estimate of drug-likeness (QED) is 0.851. The van der Waals surface area contributed by atoms with E-state index < -0.39 is 5.97 Å². The van der Waals surface area contributed by atoms with Crippen LogP contribution in [0.3, 0.4) is 0 Å². The standard InChI is InChI=1S/C16H14O3/c1-2-12-7-9-13(10-8-12)11-19-16(18)14-5-3-4-6-15(14)17/h2-10,17H,1,11H2. The second-order valence-electron chi connectivity index (χ2n) is 4.04. The number of aromatic hydroxyl groups is 1. The van der Waals surface area contributed by atoms with Crippen LogP contribution in [-0.2, 0) is 11.3 Å². The molecule has 0 saturated carbocycles. The summed E-state index contributed by atoms with van der Waals surface area (Å²) in [5.41, 5.74) is 2.07. The summed E-state index contributed by atoms with van der Waals surface area (Å²) >= 11 is 0. The Hall–Kier alpha value is -2.55. The summed E-state index contributed by atoms with van der Waals surface area (Å²) in [5, 5.41) is 9.53. The lowest BCUT2D eigenvalue weighted by molar-refractivity contribution is 0.0469. The molecule has 2 aromatic carbocycles. The molecule has 3 heteroatoms. The summed E-state index contributed by atoms with van der Waals surface area (Å²) in [6.07, 6.45) is 1.75. The highest BCUT2D eigenvalue weighted by atomic mass is 16.5. The van der Waals surface area contributed by atoms with Crippen molar-refractivity contribution in [3.8, 4) is 5.75 Å². The van der Waals surface area contributed by atoms with E-state index in [-0.39, 0.29) is 17.9 Å². The molecule has 2 aromatic rings. The molecule has 0 bridgehead atoms. The van der Waals surface area contributed by atoms with Crippen molar-refractivity contribution in [2.45, 2.75) is 6.61 Å². The fourth-order valence-electron chi connectivity index (χ4n) is 1.62. The lowest BCUT2D eigenvalue weighted by Crippen LogP contribution is -2.05. The van der Waals surface area contributed by atoms with Gasteiger partial charge >= 0.3 is 5.97 Å². The number of para-hydroxylation sites is 1. The minimum absolute atomic E-state index is 0.0745. The summed E-state index contributed by atoms with van der Waals surface area (Å²) in [7, 11) is 0. The largest absolute Gasteiger partial charge is 0.507 e. The number of rotatable bonds is 4. The molecule has 96 valence electrons.